The van der Waals surface area contributed by atoms with Crippen LogP contribution >= 0.6 is 0 Å². The van der Waals surface area contributed by atoms with Gasteiger partial charge in [0, 0.05) is 0 Å². The highest BCUT2D eigenvalue weighted by atomic mass is 16.5. The van der Waals surface area contributed by atoms with Crippen molar-refractivity contribution in [3.63, 3.8) is 0 Å². The molecule has 0 fully saturated rings. The van der Waals surface area contributed by atoms with Crippen molar-refractivity contribution in [1.82, 2.24) is 0 Å². The maximum Gasteiger partial charge on any atom is 0.195 e. The first-order valence-electron chi connectivity index (χ1n) is 4.89. The highest BCUT2D eigenvalue weighted by molar-refractivity contribution is 5.91. The zero-order valence-electron chi connectivity index (χ0n) is 7.81. The minimum absolute atomic E-state index is 0.258. The van der Waals surface area contributed by atoms with Crippen LogP contribution in [0, 0.1) is 0 Å². The molecule has 0 spiro atoms. The normalized spacial score (nSPS) is 23.1. The number of fused-ring (bicyclic) bond motifs is 1. The van der Waals surface area contributed by atoms with Gasteiger partial charge < -0.3 is 4.74 Å². The van der Waals surface area contributed by atoms with Crippen molar-refractivity contribution < 1.29 is 4.74 Å². The molecule has 2 aliphatic rings. The largest absolute Gasteiger partial charge is 0.478 e. The predicted octanol–water partition coefficient (Wildman–Crippen LogP) is 2.23. The van der Waals surface area contributed by atoms with Crippen molar-refractivity contribution in [1.29, 1.82) is 0 Å². The Labute approximate surface area is 82.9 Å². The van der Waals surface area contributed by atoms with Gasteiger partial charge in [-0.05, 0) is 11.1 Å². The molecule has 3 rings (SSSR count). The zero-order valence-corrected chi connectivity index (χ0v) is 7.81. The van der Waals surface area contributed by atoms with Crippen molar-refractivity contribution in [3.05, 3.63) is 41.5 Å². The molecule has 2 heteroatoms. The van der Waals surface area contributed by atoms with Crippen LogP contribution in [-0.4, -0.2) is 19.0 Å². The van der Waals surface area contributed by atoms with Crippen LogP contribution in [0.3, 0.4) is 0 Å². The summed E-state index contributed by atoms with van der Waals surface area (Å²) in [4.78, 5) is 4.36. The van der Waals surface area contributed by atoms with E-state index in [9.17, 15) is 0 Å². The third-order valence-electron chi connectivity index (χ3n) is 2.67. The van der Waals surface area contributed by atoms with Crippen LogP contribution in [0.2, 0.25) is 0 Å². The Balaban J connectivity index is 2.01. The van der Waals surface area contributed by atoms with E-state index in [1.165, 1.54) is 11.1 Å². The predicted molar refractivity (Wildman–Crippen MR) is 56.5 cm³/mol. The lowest BCUT2D eigenvalue weighted by atomic mass is 10.0. The van der Waals surface area contributed by atoms with Crippen molar-refractivity contribution in [2.24, 2.45) is 4.99 Å². The highest BCUT2D eigenvalue weighted by Gasteiger charge is 2.24. The Morgan fingerprint density at radius 2 is 2.21 bits per heavy atom. The molecule has 1 atom stereocenters. The summed E-state index contributed by atoms with van der Waals surface area (Å²) in [5.41, 5.74) is 2.60. The Morgan fingerprint density at radius 1 is 1.29 bits per heavy atom. The summed E-state index contributed by atoms with van der Waals surface area (Å²) in [6, 6.07) is 8.39. The van der Waals surface area contributed by atoms with Gasteiger partial charge in [0.1, 0.15) is 6.61 Å². The monoisotopic (exact) mass is 185 g/mol. The summed E-state index contributed by atoms with van der Waals surface area (Å²) < 4.78 is 5.49. The fraction of sp³-hybridized carbons (Fsp3) is 0.250. The van der Waals surface area contributed by atoms with Gasteiger partial charge >= 0.3 is 0 Å². The highest BCUT2D eigenvalue weighted by Crippen LogP contribution is 2.31. The molecule has 0 saturated heterocycles. The third-order valence-corrected chi connectivity index (χ3v) is 2.67. The van der Waals surface area contributed by atoms with Crippen LogP contribution < -0.4 is 0 Å². The summed E-state index contributed by atoms with van der Waals surface area (Å²) in [7, 11) is 0. The number of rotatable bonds is 1. The number of nitrogens with zero attached hydrogens (tertiary/aromatic N) is 1. The Bertz CT molecular complexity index is 420. The first-order chi connectivity index (χ1) is 6.95. The number of hydrogen-bond donors (Lipinski definition) is 0. The summed E-state index contributed by atoms with van der Waals surface area (Å²) in [6.07, 6.45) is 4.30. The molecule has 1 aliphatic carbocycles. The van der Waals surface area contributed by atoms with Gasteiger partial charge in [0.25, 0.3) is 0 Å². The van der Waals surface area contributed by atoms with Crippen molar-refractivity contribution >= 4 is 12.0 Å². The van der Waals surface area contributed by atoms with E-state index in [0.717, 1.165) is 19.0 Å². The summed E-state index contributed by atoms with van der Waals surface area (Å²) in [6.45, 7) is 1.55. The van der Waals surface area contributed by atoms with E-state index in [1.807, 2.05) is 0 Å². The lowest BCUT2D eigenvalue weighted by Crippen LogP contribution is -2.09. The molecule has 1 aliphatic heterocycles. The van der Waals surface area contributed by atoms with Crippen molar-refractivity contribution in [3.8, 4) is 0 Å². The van der Waals surface area contributed by atoms with Crippen LogP contribution in [0.25, 0.3) is 6.08 Å². The van der Waals surface area contributed by atoms with Crippen LogP contribution in [0.5, 0.6) is 0 Å². The van der Waals surface area contributed by atoms with E-state index in [1.54, 1.807) is 0 Å². The number of benzene rings is 1. The van der Waals surface area contributed by atoms with Crippen LogP contribution in [0.4, 0.5) is 0 Å². The molecule has 1 unspecified atom stereocenters. The maximum absolute atomic E-state index is 5.49. The molecule has 0 aromatic heterocycles. The Morgan fingerprint density at radius 3 is 3.07 bits per heavy atom. The van der Waals surface area contributed by atoms with Gasteiger partial charge in [-0.15, -0.1) is 0 Å². The van der Waals surface area contributed by atoms with Crippen LogP contribution in [-0.2, 0) is 4.74 Å². The molecule has 0 N–H and O–H groups in total. The molecule has 1 heterocycles. The smallest absolute Gasteiger partial charge is 0.195 e. The first kappa shape index (κ1) is 7.80. The average Bonchev–Trinajstić information content (AvgIpc) is 2.85. The minimum Gasteiger partial charge on any atom is -0.478 e. The summed E-state index contributed by atoms with van der Waals surface area (Å²) >= 11 is 0. The van der Waals surface area contributed by atoms with E-state index in [-0.39, 0.29) is 5.92 Å². The van der Waals surface area contributed by atoms with Gasteiger partial charge in [0.05, 0.1) is 12.5 Å². The molecular formula is C12H11NO. The van der Waals surface area contributed by atoms with Crippen LogP contribution in [0.15, 0.2) is 35.3 Å². The Hall–Kier alpha value is -1.57. The van der Waals surface area contributed by atoms with Gasteiger partial charge in [-0.1, -0.05) is 36.4 Å². The second-order valence-corrected chi connectivity index (χ2v) is 3.53. The second-order valence-electron chi connectivity index (χ2n) is 3.53. The van der Waals surface area contributed by atoms with Gasteiger partial charge in [-0.25, -0.2) is 0 Å². The second kappa shape index (κ2) is 2.98. The van der Waals surface area contributed by atoms with E-state index in [4.69, 9.17) is 4.74 Å². The molecule has 0 radical (unpaired) electrons. The van der Waals surface area contributed by atoms with Crippen molar-refractivity contribution in [2.75, 3.05) is 13.2 Å². The average molecular weight is 185 g/mol. The quantitative estimate of drug-likeness (QED) is 0.657. The summed E-state index contributed by atoms with van der Waals surface area (Å²) in [5.74, 6) is 1.14. The molecule has 1 aromatic carbocycles. The SMILES string of the molecule is C1=CC(C2=NCCO2)c2ccccc21. The van der Waals surface area contributed by atoms with E-state index in [2.05, 4.69) is 41.4 Å². The first-order valence-corrected chi connectivity index (χ1v) is 4.89. The number of hydrogen-bond acceptors (Lipinski definition) is 2. The van der Waals surface area contributed by atoms with Gasteiger partial charge in [-0.2, -0.15) is 0 Å². The van der Waals surface area contributed by atoms with Crippen LogP contribution in [0.1, 0.15) is 17.0 Å². The zero-order chi connectivity index (χ0) is 9.38. The topological polar surface area (TPSA) is 21.6 Å². The van der Waals surface area contributed by atoms with E-state index < -0.39 is 0 Å². The van der Waals surface area contributed by atoms with Gasteiger partial charge in [0.2, 0.25) is 0 Å². The fourth-order valence-electron chi connectivity index (χ4n) is 2.00. The molecule has 1 aromatic rings. The number of ether oxygens (including phenoxy) is 1. The van der Waals surface area contributed by atoms with Gasteiger partial charge in [-0.3, -0.25) is 4.99 Å². The number of aliphatic imine (C=N–C) groups is 1. The van der Waals surface area contributed by atoms with Gasteiger partial charge in [0.15, 0.2) is 5.90 Å². The molecule has 2 nitrogen and oxygen atoms in total. The lowest BCUT2D eigenvalue weighted by Gasteiger charge is -2.10. The Kier molecular flexibility index (Phi) is 1.66. The molecular weight excluding hydrogens is 174 g/mol. The molecule has 0 bridgehead atoms. The third kappa shape index (κ3) is 1.07. The molecule has 0 saturated carbocycles. The lowest BCUT2D eigenvalue weighted by molar-refractivity contribution is 0.337. The molecule has 14 heavy (non-hydrogen) atoms. The fourth-order valence-corrected chi connectivity index (χ4v) is 2.00. The van der Waals surface area contributed by atoms with E-state index in [0.29, 0.717) is 0 Å². The molecule has 0 amide bonds. The van der Waals surface area contributed by atoms with Crippen molar-refractivity contribution in [2.45, 2.75) is 5.92 Å². The minimum atomic E-state index is 0.258. The standard InChI is InChI=1S/C12H11NO/c1-2-4-10-9(3-1)5-6-11(10)12-13-7-8-14-12/h1-6,11H,7-8H2. The summed E-state index contributed by atoms with van der Waals surface area (Å²) in [5, 5.41) is 0. The maximum atomic E-state index is 5.49. The molecule has 70 valence electrons. The van der Waals surface area contributed by atoms with E-state index >= 15 is 0 Å².